The molecule has 0 spiro atoms. The topological polar surface area (TPSA) is 43.4 Å². The van der Waals surface area contributed by atoms with Gasteiger partial charge in [-0.1, -0.05) is 30.0 Å². The van der Waals surface area contributed by atoms with E-state index >= 15 is 0 Å². The van der Waals surface area contributed by atoms with Gasteiger partial charge in [0.05, 0.1) is 0 Å². The molecule has 1 unspecified atom stereocenters. The van der Waals surface area contributed by atoms with Crippen LogP contribution in [-0.2, 0) is 14.3 Å². The molecule has 0 saturated carbocycles. The molecule has 0 heterocycles. The molecular formula is C17H20O3. The lowest BCUT2D eigenvalue weighted by molar-refractivity contribution is -0.143. The molecule has 0 amide bonds. The van der Waals surface area contributed by atoms with Crippen LogP contribution in [0.15, 0.2) is 24.3 Å². The number of methoxy groups -OCH3 is 1. The van der Waals surface area contributed by atoms with Crippen molar-refractivity contribution in [1.82, 2.24) is 0 Å². The highest BCUT2D eigenvalue weighted by Gasteiger charge is 2.43. The Balaban J connectivity index is 3.19. The van der Waals surface area contributed by atoms with Crippen LogP contribution in [0.5, 0.6) is 0 Å². The van der Waals surface area contributed by atoms with Crippen molar-refractivity contribution in [3.8, 4) is 11.8 Å². The highest BCUT2D eigenvalue weighted by Crippen LogP contribution is 2.26. The number of hydrogen-bond donors (Lipinski definition) is 0. The first-order valence-electron chi connectivity index (χ1n) is 6.46. The molecule has 0 aliphatic heterocycles. The molecule has 0 N–H and O–H groups in total. The van der Waals surface area contributed by atoms with Crippen molar-refractivity contribution in [2.45, 2.75) is 33.8 Å². The maximum Gasteiger partial charge on any atom is 0.146 e. The summed E-state index contributed by atoms with van der Waals surface area (Å²) in [6.45, 7) is 6.32. The molecule has 3 nitrogen and oxygen atoms in total. The average molecular weight is 272 g/mol. The van der Waals surface area contributed by atoms with Gasteiger partial charge in [0.2, 0.25) is 0 Å². The molecule has 1 aromatic rings. The molecule has 0 radical (unpaired) electrons. The standard InChI is InChI=1S/C17H20O3/c1-12-8-6-7-9-15(12)10-11-16(20-5)17(4,13(2)18)14(3)19/h6-9,16H,1-5H3. The third-order valence-corrected chi connectivity index (χ3v) is 3.71. The summed E-state index contributed by atoms with van der Waals surface area (Å²) in [5.41, 5.74) is 0.677. The zero-order chi connectivity index (χ0) is 15.3. The molecule has 0 aromatic heterocycles. The van der Waals surface area contributed by atoms with Crippen LogP contribution in [0, 0.1) is 24.2 Å². The fourth-order valence-corrected chi connectivity index (χ4v) is 1.91. The number of carbonyl (C=O) groups excluding carboxylic acids is 2. The number of ketones is 2. The molecule has 106 valence electrons. The van der Waals surface area contributed by atoms with Gasteiger partial charge in [-0.25, -0.2) is 0 Å². The minimum Gasteiger partial charge on any atom is -0.367 e. The number of carbonyl (C=O) groups is 2. The molecule has 1 rings (SSSR count). The maximum absolute atomic E-state index is 11.8. The van der Waals surface area contributed by atoms with Crippen LogP contribution in [0.4, 0.5) is 0 Å². The minimum absolute atomic E-state index is 0.240. The van der Waals surface area contributed by atoms with Gasteiger partial charge >= 0.3 is 0 Å². The van der Waals surface area contributed by atoms with E-state index in [0.29, 0.717) is 0 Å². The lowest BCUT2D eigenvalue weighted by atomic mass is 9.77. The molecule has 3 heteroatoms. The molecule has 1 aromatic carbocycles. The highest BCUT2D eigenvalue weighted by molar-refractivity contribution is 6.05. The first kappa shape index (κ1) is 16.1. The fraction of sp³-hybridized carbons (Fsp3) is 0.412. The van der Waals surface area contributed by atoms with Crippen molar-refractivity contribution in [2.75, 3.05) is 7.11 Å². The Morgan fingerprint density at radius 2 is 1.75 bits per heavy atom. The summed E-state index contributed by atoms with van der Waals surface area (Å²) in [7, 11) is 1.46. The minimum atomic E-state index is -1.23. The Kier molecular flexibility index (Phi) is 5.24. The molecule has 0 aliphatic rings. The van der Waals surface area contributed by atoms with Crippen molar-refractivity contribution in [3.63, 3.8) is 0 Å². The van der Waals surface area contributed by atoms with Gasteiger partial charge in [0.25, 0.3) is 0 Å². The number of ether oxygens (including phenoxy) is 1. The number of aryl methyl sites for hydroxylation is 1. The van der Waals surface area contributed by atoms with E-state index in [4.69, 9.17) is 4.74 Å². The van der Waals surface area contributed by atoms with Crippen molar-refractivity contribution in [2.24, 2.45) is 5.41 Å². The quantitative estimate of drug-likeness (QED) is 0.625. The van der Waals surface area contributed by atoms with Crippen LogP contribution in [0.2, 0.25) is 0 Å². The van der Waals surface area contributed by atoms with Gasteiger partial charge in [0, 0.05) is 12.7 Å². The molecule has 1 atom stereocenters. The van der Waals surface area contributed by atoms with E-state index in [1.165, 1.54) is 21.0 Å². The number of Topliss-reactive ketones (excluding diaryl/α,β-unsaturated/α-hetero) is 2. The zero-order valence-electron chi connectivity index (χ0n) is 12.6. The fourth-order valence-electron chi connectivity index (χ4n) is 1.91. The summed E-state index contributed by atoms with van der Waals surface area (Å²) in [5.74, 6) is 5.44. The second kappa shape index (κ2) is 6.49. The highest BCUT2D eigenvalue weighted by atomic mass is 16.5. The largest absolute Gasteiger partial charge is 0.367 e. The van der Waals surface area contributed by atoms with E-state index in [1.54, 1.807) is 6.92 Å². The van der Waals surface area contributed by atoms with Gasteiger partial charge in [-0.15, -0.1) is 0 Å². The van der Waals surface area contributed by atoms with E-state index in [9.17, 15) is 9.59 Å². The van der Waals surface area contributed by atoms with Crippen molar-refractivity contribution in [1.29, 1.82) is 0 Å². The average Bonchev–Trinajstić information content (AvgIpc) is 2.40. The summed E-state index contributed by atoms with van der Waals surface area (Å²) in [5, 5.41) is 0. The number of hydrogen-bond acceptors (Lipinski definition) is 3. The Bertz CT molecular complexity index is 561. The normalized spacial score (nSPS) is 12.2. The summed E-state index contributed by atoms with van der Waals surface area (Å²) in [4.78, 5) is 23.6. The first-order chi connectivity index (χ1) is 9.33. The van der Waals surface area contributed by atoms with Crippen LogP contribution in [-0.4, -0.2) is 24.8 Å². The van der Waals surface area contributed by atoms with Gasteiger partial charge in [-0.2, -0.15) is 0 Å². The lowest BCUT2D eigenvalue weighted by Gasteiger charge is -2.28. The lowest BCUT2D eigenvalue weighted by Crippen LogP contribution is -2.44. The van der Waals surface area contributed by atoms with E-state index < -0.39 is 11.5 Å². The third-order valence-electron chi connectivity index (χ3n) is 3.71. The molecule has 0 saturated heterocycles. The second-order valence-corrected chi connectivity index (χ2v) is 5.01. The monoisotopic (exact) mass is 272 g/mol. The summed E-state index contributed by atoms with van der Waals surface area (Å²) < 4.78 is 5.28. The van der Waals surface area contributed by atoms with Crippen molar-refractivity contribution < 1.29 is 14.3 Å². The summed E-state index contributed by atoms with van der Waals surface area (Å²) in [6.07, 6.45) is -0.753. The Labute approximate surface area is 120 Å². The zero-order valence-corrected chi connectivity index (χ0v) is 12.6. The van der Waals surface area contributed by atoms with Gasteiger partial charge in [-0.05, 0) is 39.3 Å². The van der Waals surface area contributed by atoms with E-state index in [1.807, 2.05) is 31.2 Å². The SMILES string of the molecule is COC(C#Cc1ccccc1C)C(C)(C(C)=O)C(C)=O. The summed E-state index contributed by atoms with van der Waals surface area (Å²) >= 11 is 0. The predicted molar refractivity (Wildman–Crippen MR) is 78.3 cm³/mol. The van der Waals surface area contributed by atoms with Crippen LogP contribution >= 0.6 is 0 Å². The van der Waals surface area contributed by atoms with Crippen molar-refractivity contribution >= 4 is 11.6 Å². The van der Waals surface area contributed by atoms with Gasteiger partial charge in [0.15, 0.2) is 0 Å². The van der Waals surface area contributed by atoms with Crippen LogP contribution < -0.4 is 0 Å². The third kappa shape index (κ3) is 3.15. The van der Waals surface area contributed by atoms with Gasteiger partial charge < -0.3 is 4.74 Å². The van der Waals surface area contributed by atoms with Gasteiger partial charge in [0.1, 0.15) is 23.1 Å². The van der Waals surface area contributed by atoms with E-state index in [2.05, 4.69) is 11.8 Å². The Morgan fingerprint density at radius 3 is 2.20 bits per heavy atom. The Morgan fingerprint density at radius 1 is 1.20 bits per heavy atom. The van der Waals surface area contributed by atoms with Crippen LogP contribution in [0.3, 0.4) is 0 Å². The molecule has 0 bridgehead atoms. The second-order valence-electron chi connectivity index (χ2n) is 5.01. The van der Waals surface area contributed by atoms with Crippen molar-refractivity contribution in [3.05, 3.63) is 35.4 Å². The van der Waals surface area contributed by atoms with Crippen LogP contribution in [0.1, 0.15) is 31.9 Å². The van der Waals surface area contributed by atoms with E-state index in [-0.39, 0.29) is 11.6 Å². The number of rotatable bonds is 4. The predicted octanol–water partition coefficient (Wildman–Crippen LogP) is 2.55. The molecule has 20 heavy (non-hydrogen) atoms. The smallest absolute Gasteiger partial charge is 0.146 e. The molecule has 0 aliphatic carbocycles. The van der Waals surface area contributed by atoms with E-state index in [0.717, 1.165) is 11.1 Å². The maximum atomic E-state index is 11.8. The number of benzene rings is 1. The van der Waals surface area contributed by atoms with Gasteiger partial charge in [-0.3, -0.25) is 9.59 Å². The van der Waals surface area contributed by atoms with Crippen LogP contribution in [0.25, 0.3) is 0 Å². The Hall–Kier alpha value is -1.92. The molecular weight excluding hydrogens is 252 g/mol. The molecule has 0 fully saturated rings. The first-order valence-corrected chi connectivity index (χ1v) is 6.46. The summed E-state index contributed by atoms with van der Waals surface area (Å²) in [6, 6.07) is 7.69.